The normalized spacial score (nSPS) is 16.6. The lowest BCUT2D eigenvalue weighted by molar-refractivity contribution is -0.120. The van der Waals surface area contributed by atoms with Crippen LogP contribution in [0.25, 0.3) is 11.4 Å². The van der Waals surface area contributed by atoms with Crippen molar-refractivity contribution in [1.29, 1.82) is 0 Å². The van der Waals surface area contributed by atoms with Crippen molar-refractivity contribution in [1.82, 2.24) is 10.1 Å². The summed E-state index contributed by atoms with van der Waals surface area (Å²) < 4.78 is 5.37. The Labute approximate surface area is 122 Å². The average molecular weight is 288 g/mol. The second-order valence-electron chi connectivity index (χ2n) is 5.00. The van der Waals surface area contributed by atoms with Crippen LogP contribution in [0.5, 0.6) is 0 Å². The van der Waals surface area contributed by atoms with Gasteiger partial charge in [0.15, 0.2) is 0 Å². The van der Waals surface area contributed by atoms with Crippen molar-refractivity contribution in [2.75, 3.05) is 6.26 Å². The predicted molar refractivity (Wildman–Crippen MR) is 77.7 cm³/mol. The Morgan fingerprint density at radius 3 is 2.55 bits per heavy atom. The Morgan fingerprint density at radius 1 is 1.20 bits per heavy atom. The fourth-order valence-corrected chi connectivity index (χ4v) is 2.85. The molecule has 1 aliphatic carbocycles. The maximum absolute atomic E-state index is 11.3. The quantitative estimate of drug-likeness (QED) is 0.806. The zero-order valence-electron chi connectivity index (χ0n) is 11.3. The van der Waals surface area contributed by atoms with E-state index in [2.05, 4.69) is 22.3 Å². The monoisotopic (exact) mass is 288 g/mol. The average Bonchev–Trinajstić information content (AvgIpc) is 2.98. The Kier molecular flexibility index (Phi) is 3.87. The molecule has 1 fully saturated rings. The first-order valence-electron chi connectivity index (χ1n) is 6.76. The van der Waals surface area contributed by atoms with Crippen molar-refractivity contribution in [2.24, 2.45) is 0 Å². The van der Waals surface area contributed by atoms with Crippen LogP contribution in [0.4, 0.5) is 0 Å². The van der Waals surface area contributed by atoms with Crippen LogP contribution >= 0.6 is 11.8 Å². The fraction of sp³-hybridized carbons (Fsp3) is 0.400. The number of Topliss-reactive ketones (excluding diaryl/α,β-unsaturated/α-hetero) is 1. The van der Waals surface area contributed by atoms with Gasteiger partial charge < -0.3 is 4.52 Å². The highest BCUT2D eigenvalue weighted by atomic mass is 32.2. The molecule has 0 bridgehead atoms. The number of nitrogens with zero attached hydrogens (tertiary/aromatic N) is 2. The van der Waals surface area contributed by atoms with E-state index in [1.807, 2.05) is 18.4 Å². The zero-order chi connectivity index (χ0) is 13.9. The van der Waals surface area contributed by atoms with Crippen LogP contribution in [0.15, 0.2) is 33.7 Å². The van der Waals surface area contributed by atoms with Crippen molar-refractivity contribution in [3.63, 3.8) is 0 Å². The van der Waals surface area contributed by atoms with Gasteiger partial charge in [0.05, 0.1) is 0 Å². The van der Waals surface area contributed by atoms with Crippen molar-refractivity contribution >= 4 is 17.5 Å². The minimum Gasteiger partial charge on any atom is -0.339 e. The van der Waals surface area contributed by atoms with E-state index in [1.165, 1.54) is 4.90 Å². The number of hydrogen-bond acceptors (Lipinski definition) is 5. The van der Waals surface area contributed by atoms with Crippen LogP contribution in [0.2, 0.25) is 0 Å². The summed E-state index contributed by atoms with van der Waals surface area (Å²) in [6, 6.07) is 8.11. The van der Waals surface area contributed by atoms with Crippen molar-refractivity contribution in [3.8, 4) is 11.4 Å². The molecule has 1 saturated carbocycles. The van der Waals surface area contributed by atoms with E-state index in [4.69, 9.17) is 4.52 Å². The zero-order valence-corrected chi connectivity index (χ0v) is 12.2. The number of thioether (sulfide) groups is 1. The van der Waals surface area contributed by atoms with Gasteiger partial charge in [-0.05, 0) is 43.4 Å². The molecule has 0 aliphatic heterocycles. The number of rotatable bonds is 3. The molecule has 1 aliphatic rings. The second kappa shape index (κ2) is 5.79. The summed E-state index contributed by atoms with van der Waals surface area (Å²) in [6.07, 6.45) is 4.96. The van der Waals surface area contributed by atoms with Crippen LogP contribution < -0.4 is 0 Å². The van der Waals surface area contributed by atoms with E-state index in [0.717, 1.165) is 18.4 Å². The molecule has 20 heavy (non-hydrogen) atoms. The molecule has 0 N–H and O–H groups in total. The lowest BCUT2D eigenvalue weighted by Crippen LogP contribution is -2.12. The lowest BCUT2D eigenvalue weighted by atomic mass is 9.88. The third-order valence-electron chi connectivity index (χ3n) is 3.68. The van der Waals surface area contributed by atoms with Gasteiger partial charge in [-0.15, -0.1) is 11.8 Å². The van der Waals surface area contributed by atoms with Crippen LogP contribution in [-0.2, 0) is 4.79 Å². The van der Waals surface area contributed by atoms with Gasteiger partial charge in [0.25, 0.3) is 0 Å². The first-order chi connectivity index (χ1) is 9.76. The summed E-state index contributed by atoms with van der Waals surface area (Å²) in [6.45, 7) is 0. The molecule has 0 spiro atoms. The molecule has 4 nitrogen and oxygen atoms in total. The topological polar surface area (TPSA) is 56.0 Å². The largest absolute Gasteiger partial charge is 0.339 e. The molecule has 2 aromatic rings. The number of carbonyl (C=O) groups excluding carboxylic acids is 1. The van der Waals surface area contributed by atoms with E-state index in [1.54, 1.807) is 11.8 Å². The molecular weight excluding hydrogens is 272 g/mol. The molecule has 1 heterocycles. The summed E-state index contributed by atoms with van der Waals surface area (Å²) in [5, 5.41) is 4.06. The smallest absolute Gasteiger partial charge is 0.230 e. The van der Waals surface area contributed by atoms with Gasteiger partial charge >= 0.3 is 0 Å². The standard InChI is InChI=1S/C15H16N2O2S/c1-20-13-8-4-10(5-9-13)14-16-15(19-17-14)11-2-6-12(18)7-3-11/h4-5,8-9,11H,2-3,6-7H2,1H3. The Morgan fingerprint density at radius 2 is 1.90 bits per heavy atom. The van der Waals surface area contributed by atoms with Gasteiger partial charge in [0, 0.05) is 29.2 Å². The van der Waals surface area contributed by atoms with E-state index < -0.39 is 0 Å². The number of hydrogen-bond donors (Lipinski definition) is 0. The summed E-state index contributed by atoms with van der Waals surface area (Å²) in [7, 11) is 0. The Bertz CT molecular complexity index is 597. The first kappa shape index (κ1) is 13.4. The van der Waals surface area contributed by atoms with Gasteiger partial charge in [0.2, 0.25) is 11.7 Å². The molecule has 0 saturated heterocycles. The van der Waals surface area contributed by atoms with Crippen molar-refractivity contribution < 1.29 is 9.32 Å². The highest BCUT2D eigenvalue weighted by Crippen LogP contribution is 2.31. The van der Waals surface area contributed by atoms with Gasteiger partial charge in [-0.1, -0.05) is 5.16 Å². The van der Waals surface area contributed by atoms with E-state index in [0.29, 0.717) is 30.3 Å². The molecule has 0 amide bonds. The molecule has 3 rings (SSSR count). The number of carbonyl (C=O) groups is 1. The van der Waals surface area contributed by atoms with Gasteiger partial charge in [-0.25, -0.2) is 0 Å². The van der Waals surface area contributed by atoms with E-state index in [9.17, 15) is 4.79 Å². The summed E-state index contributed by atoms with van der Waals surface area (Å²) in [5.74, 6) is 1.87. The van der Waals surface area contributed by atoms with Crippen LogP contribution in [0.1, 0.15) is 37.5 Å². The maximum Gasteiger partial charge on any atom is 0.230 e. The molecule has 0 atom stereocenters. The molecule has 104 valence electrons. The molecule has 1 aromatic carbocycles. The van der Waals surface area contributed by atoms with Gasteiger partial charge in [-0.3, -0.25) is 4.79 Å². The first-order valence-corrected chi connectivity index (χ1v) is 7.98. The second-order valence-corrected chi connectivity index (χ2v) is 5.88. The SMILES string of the molecule is CSc1ccc(-c2noc(C3CCC(=O)CC3)n2)cc1. The predicted octanol–water partition coefficient (Wildman–Crippen LogP) is 3.69. The van der Waals surface area contributed by atoms with E-state index >= 15 is 0 Å². The summed E-state index contributed by atoms with van der Waals surface area (Å²) in [4.78, 5) is 17.0. The van der Waals surface area contributed by atoms with Gasteiger partial charge in [0.1, 0.15) is 5.78 Å². The molecular formula is C15H16N2O2S. The van der Waals surface area contributed by atoms with Crippen LogP contribution in [-0.4, -0.2) is 22.2 Å². The van der Waals surface area contributed by atoms with Crippen LogP contribution in [0, 0.1) is 0 Å². The van der Waals surface area contributed by atoms with Crippen LogP contribution in [0.3, 0.4) is 0 Å². The van der Waals surface area contributed by atoms with Crippen molar-refractivity contribution in [2.45, 2.75) is 36.5 Å². The summed E-state index contributed by atoms with van der Waals surface area (Å²) >= 11 is 1.70. The highest BCUT2D eigenvalue weighted by molar-refractivity contribution is 7.98. The van der Waals surface area contributed by atoms with Crippen molar-refractivity contribution in [3.05, 3.63) is 30.2 Å². The molecule has 1 aromatic heterocycles. The van der Waals surface area contributed by atoms with E-state index in [-0.39, 0.29) is 5.92 Å². The third kappa shape index (κ3) is 2.77. The minimum atomic E-state index is 0.236. The fourth-order valence-electron chi connectivity index (χ4n) is 2.45. The molecule has 5 heteroatoms. The Hall–Kier alpha value is -1.62. The maximum atomic E-state index is 11.3. The number of ketones is 1. The highest BCUT2D eigenvalue weighted by Gasteiger charge is 2.25. The third-order valence-corrected chi connectivity index (χ3v) is 4.43. The minimum absolute atomic E-state index is 0.236. The number of aromatic nitrogens is 2. The summed E-state index contributed by atoms with van der Waals surface area (Å²) in [5.41, 5.74) is 0.963. The lowest BCUT2D eigenvalue weighted by Gasteiger charge is -2.16. The molecule has 0 radical (unpaired) electrons. The molecule has 0 unspecified atom stereocenters. The number of benzene rings is 1. The Balaban J connectivity index is 1.77. The van der Waals surface area contributed by atoms with Gasteiger partial charge in [-0.2, -0.15) is 4.98 Å².